The monoisotopic (exact) mass is 674 g/mol. The average Bonchev–Trinajstić information content (AvgIpc) is 3.72. The highest BCUT2D eigenvalue weighted by Gasteiger charge is 2.65. The number of thioether (sulfide) groups is 1. The highest BCUT2D eigenvalue weighted by molar-refractivity contribution is 7.99. The van der Waals surface area contributed by atoms with Crippen molar-refractivity contribution in [2.24, 2.45) is 17.3 Å². The van der Waals surface area contributed by atoms with Gasteiger partial charge in [-0.2, -0.15) is 11.8 Å². The molecule has 3 aliphatic rings. The van der Waals surface area contributed by atoms with E-state index in [4.69, 9.17) is 0 Å². The minimum absolute atomic E-state index is 0.00864. The molecule has 0 unspecified atom stereocenters. The van der Waals surface area contributed by atoms with Gasteiger partial charge in [-0.15, -0.1) is 0 Å². The maximum absolute atomic E-state index is 13.2. The van der Waals surface area contributed by atoms with Gasteiger partial charge in [-0.25, -0.2) is 4.79 Å². The Hall–Kier alpha value is -3.45. The highest BCUT2D eigenvalue weighted by Crippen LogP contribution is 2.65. The number of hydrogen-bond acceptors (Lipinski definition) is 8. The lowest BCUT2D eigenvalue weighted by Crippen LogP contribution is -2.54. The number of carbonyl (C=O) groups is 6. The van der Waals surface area contributed by atoms with Crippen LogP contribution in [0.3, 0.4) is 0 Å². The van der Waals surface area contributed by atoms with Crippen molar-refractivity contribution < 1.29 is 39.0 Å². The number of carboxylic acids is 1. The molecule has 47 heavy (non-hydrogen) atoms. The molecule has 1 saturated carbocycles. The van der Waals surface area contributed by atoms with Gasteiger partial charge in [-0.1, -0.05) is 33.3 Å². The molecule has 1 spiro atoms. The number of ketones is 1. The topological polar surface area (TPSA) is 191 Å². The Kier molecular flexibility index (Phi) is 12.3. The van der Waals surface area contributed by atoms with Crippen LogP contribution in [0.4, 0.5) is 0 Å². The third kappa shape index (κ3) is 8.72. The number of carbonyl (C=O) groups excluding carboxylic acids is 5. The van der Waals surface area contributed by atoms with Crippen LogP contribution >= 0.6 is 11.8 Å². The molecule has 0 radical (unpaired) electrons. The van der Waals surface area contributed by atoms with E-state index in [0.717, 1.165) is 35.1 Å². The Morgan fingerprint density at radius 2 is 1.51 bits per heavy atom. The highest BCUT2D eigenvalue weighted by atomic mass is 32.2. The van der Waals surface area contributed by atoms with E-state index < -0.39 is 65.3 Å². The lowest BCUT2D eigenvalue weighted by Gasteiger charge is -2.39. The van der Waals surface area contributed by atoms with Gasteiger partial charge in [-0.3, -0.25) is 24.0 Å². The van der Waals surface area contributed by atoms with Gasteiger partial charge in [0.25, 0.3) is 0 Å². The minimum atomic E-state index is -1.44. The van der Waals surface area contributed by atoms with Gasteiger partial charge in [0.1, 0.15) is 23.7 Å². The van der Waals surface area contributed by atoms with Crippen molar-refractivity contribution in [2.75, 3.05) is 18.1 Å². The summed E-state index contributed by atoms with van der Waals surface area (Å²) in [5.74, 6) is -3.00. The lowest BCUT2D eigenvalue weighted by atomic mass is 9.67. The van der Waals surface area contributed by atoms with Crippen molar-refractivity contribution >= 4 is 47.1 Å². The molecule has 0 aromatic rings. The van der Waals surface area contributed by atoms with Crippen LogP contribution in [0.5, 0.6) is 0 Å². The predicted octanol–water partition coefficient (Wildman–Crippen LogP) is 2.17. The fourth-order valence-electron chi connectivity index (χ4n) is 6.51. The summed E-state index contributed by atoms with van der Waals surface area (Å²) in [5, 5.41) is 30.9. The fourth-order valence-corrected chi connectivity index (χ4v) is 7.68. The molecule has 0 heterocycles. The van der Waals surface area contributed by atoms with E-state index in [-0.39, 0.29) is 36.2 Å². The first-order valence-corrected chi connectivity index (χ1v) is 17.3. The summed E-state index contributed by atoms with van der Waals surface area (Å²) in [6.07, 6.45) is 3.80. The predicted molar refractivity (Wildman–Crippen MR) is 179 cm³/mol. The Balaban J connectivity index is 1.61. The van der Waals surface area contributed by atoms with Crippen molar-refractivity contribution in [3.05, 3.63) is 33.9 Å². The normalized spacial score (nSPS) is 21.7. The number of fused-ring (bicyclic) bond motifs is 1. The summed E-state index contributed by atoms with van der Waals surface area (Å²) in [7, 11) is 0. The largest absolute Gasteiger partial charge is 0.480 e. The third-order valence-corrected chi connectivity index (χ3v) is 10.3. The zero-order valence-corrected chi connectivity index (χ0v) is 29.5. The second-order valence-corrected chi connectivity index (χ2v) is 15.0. The van der Waals surface area contributed by atoms with Crippen molar-refractivity contribution in [1.82, 2.24) is 21.3 Å². The molecule has 0 aliphatic heterocycles. The van der Waals surface area contributed by atoms with E-state index in [9.17, 15) is 39.0 Å². The first kappa shape index (κ1) is 38.0. The molecule has 13 heteroatoms. The molecule has 0 saturated heterocycles. The molecule has 3 aliphatic carbocycles. The SMILES string of the molecule is CC(=O)N[C@H](CSCC1=C(C)C=C2C(=O)[C@](C)(O)C3(CC3)C(C)=C21)C(=O)NCC(=O)N[C@@H](CC(C)C)C(=O)N[C@@H](CC(C)C)C(=O)O. The van der Waals surface area contributed by atoms with Crippen molar-refractivity contribution in [2.45, 2.75) is 105 Å². The summed E-state index contributed by atoms with van der Waals surface area (Å²) >= 11 is 1.40. The Bertz CT molecular complexity index is 1410. The Labute approximate surface area is 281 Å². The number of carboxylic acid groups (broad SMARTS) is 1. The summed E-state index contributed by atoms with van der Waals surface area (Å²) in [6.45, 7) is 13.7. The molecule has 0 aromatic carbocycles. The Morgan fingerprint density at radius 3 is 2.04 bits per heavy atom. The first-order valence-electron chi connectivity index (χ1n) is 16.2. The lowest BCUT2D eigenvalue weighted by molar-refractivity contribution is -0.142. The van der Waals surface area contributed by atoms with Crippen LogP contribution in [-0.4, -0.2) is 87.4 Å². The summed E-state index contributed by atoms with van der Waals surface area (Å²) < 4.78 is 0. The molecule has 6 N–H and O–H groups in total. The number of aliphatic carboxylic acids is 1. The van der Waals surface area contributed by atoms with E-state index >= 15 is 0 Å². The smallest absolute Gasteiger partial charge is 0.326 e. The van der Waals surface area contributed by atoms with E-state index in [0.29, 0.717) is 11.3 Å². The van der Waals surface area contributed by atoms with E-state index in [2.05, 4.69) is 21.3 Å². The van der Waals surface area contributed by atoms with E-state index in [1.165, 1.54) is 18.7 Å². The standard InChI is InChI=1S/C34H50N4O8S/c1-17(2)11-24(31(43)38-25(32(44)45)12-18(3)4)37-27(40)14-35-30(42)26(36-21(7)39)16-47-15-23-19(5)13-22-28(23)20(6)34(9-10-34)33(8,46)29(22)41/h13,17-18,24-26,46H,9-12,14-16H2,1-8H3,(H,35,42)(H,36,39)(H,37,40)(H,38,43)(H,44,45)/t24-,25-,26+,33-/m0/s1. The van der Waals surface area contributed by atoms with Crippen LogP contribution in [0.1, 0.15) is 81.1 Å². The molecular formula is C34H50N4O8S. The quantitative estimate of drug-likeness (QED) is 0.142. The van der Waals surface area contributed by atoms with Crippen LogP contribution in [-0.2, 0) is 28.8 Å². The van der Waals surface area contributed by atoms with Gasteiger partial charge in [0.2, 0.25) is 23.6 Å². The number of hydrogen-bond donors (Lipinski definition) is 6. The Morgan fingerprint density at radius 1 is 0.915 bits per heavy atom. The molecule has 3 rings (SSSR count). The summed E-state index contributed by atoms with van der Waals surface area (Å²) in [6, 6.07) is -3.06. The van der Waals surface area contributed by atoms with Crippen molar-refractivity contribution in [3.8, 4) is 0 Å². The van der Waals surface area contributed by atoms with E-state index in [1.807, 2.05) is 47.6 Å². The molecule has 4 amide bonds. The van der Waals surface area contributed by atoms with Crippen molar-refractivity contribution in [3.63, 3.8) is 0 Å². The number of Topliss-reactive ketones (excluding diaryl/α,β-unsaturated/α-hetero) is 1. The summed E-state index contributed by atoms with van der Waals surface area (Å²) in [5.41, 5.74) is 2.29. The summed E-state index contributed by atoms with van der Waals surface area (Å²) in [4.78, 5) is 75.7. The van der Waals surface area contributed by atoms with Gasteiger partial charge in [0, 0.05) is 29.4 Å². The molecule has 0 bridgehead atoms. The van der Waals surface area contributed by atoms with Gasteiger partial charge >= 0.3 is 5.97 Å². The molecule has 260 valence electrons. The minimum Gasteiger partial charge on any atom is -0.480 e. The van der Waals surface area contributed by atoms with Gasteiger partial charge in [0.05, 0.1) is 6.54 Å². The van der Waals surface area contributed by atoms with Crippen LogP contribution in [0.2, 0.25) is 0 Å². The average molecular weight is 675 g/mol. The van der Waals surface area contributed by atoms with Gasteiger partial charge < -0.3 is 31.5 Å². The van der Waals surface area contributed by atoms with Crippen LogP contribution in [0.25, 0.3) is 0 Å². The number of nitrogens with one attached hydrogen (secondary N) is 4. The molecular weight excluding hydrogens is 624 g/mol. The van der Waals surface area contributed by atoms with Crippen LogP contribution in [0, 0.1) is 17.3 Å². The van der Waals surface area contributed by atoms with E-state index in [1.54, 1.807) is 6.92 Å². The number of aliphatic hydroxyl groups is 1. The fraction of sp³-hybridized carbons (Fsp3) is 0.647. The van der Waals surface area contributed by atoms with Gasteiger partial charge in [0.15, 0.2) is 5.78 Å². The molecule has 0 aromatic heterocycles. The second-order valence-electron chi connectivity index (χ2n) is 14.0. The van der Waals surface area contributed by atoms with Crippen LogP contribution in [0.15, 0.2) is 33.9 Å². The second kappa shape index (κ2) is 15.2. The molecule has 4 atom stereocenters. The maximum atomic E-state index is 13.2. The molecule has 1 fully saturated rings. The number of amides is 4. The number of rotatable bonds is 16. The van der Waals surface area contributed by atoms with Crippen LogP contribution < -0.4 is 21.3 Å². The maximum Gasteiger partial charge on any atom is 0.326 e. The van der Waals surface area contributed by atoms with Gasteiger partial charge in [-0.05, 0) is 81.1 Å². The third-order valence-electron chi connectivity index (χ3n) is 9.20. The first-order chi connectivity index (χ1) is 21.8. The molecule has 12 nitrogen and oxygen atoms in total. The zero-order valence-electron chi connectivity index (χ0n) is 28.7. The zero-order chi connectivity index (χ0) is 35.4. The van der Waals surface area contributed by atoms with Crippen molar-refractivity contribution in [1.29, 1.82) is 0 Å². The number of allylic oxidation sites excluding steroid dienone is 3.